The number of likely N-dealkylation sites (tertiary alicyclic amines) is 1. The Morgan fingerprint density at radius 3 is 2.63 bits per heavy atom. The van der Waals surface area contributed by atoms with Gasteiger partial charge in [0.15, 0.2) is 0 Å². The van der Waals surface area contributed by atoms with Crippen molar-refractivity contribution in [2.24, 2.45) is 5.41 Å². The molecule has 0 bridgehead atoms. The molecule has 2 fully saturated rings. The SMILES string of the molecule is CC(C)(C)C(=O)NCCN1CCC2(CC1)C(=O)NCN2c1cccc(F)c1. The van der Waals surface area contributed by atoms with Crippen molar-refractivity contribution < 1.29 is 14.0 Å². The Kier molecular flexibility index (Phi) is 5.42. The summed E-state index contributed by atoms with van der Waals surface area (Å²) in [5.74, 6) is -0.232. The minimum atomic E-state index is -0.612. The fraction of sp³-hybridized carbons (Fsp3) is 0.600. The van der Waals surface area contributed by atoms with Crippen LogP contribution in [0.25, 0.3) is 0 Å². The second kappa shape index (κ2) is 7.46. The standard InChI is InChI=1S/C20H29FN4O2/c1-19(2,3)17(26)22-9-12-24-10-7-20(8-11-24)18(27)23-14-25(20)16-6-4-5-15(21)13-16/h4-6,13H,7-12,14H2,1-3H3,(H,22,26)(H,23,27). The Labute approximate surface area is 160 Å². The average molecular weight is 376 g/mol. The van der Waals surface area contributed by atoms with Crippen molar-refractivity contribution in [1.29, 1.82) is 0 Å². The number of piperidine rings is 1. The second-order valence-electron chi connectivity index (χ2n) is 8.45. The summed E-state index contributed by atoms with van der Waals surface area (Å²) in [6, 6.07) is 6.42. The Bertz CT molecular complexity index is 708. The molecule has 1 aromatic rings. The highest BCUT2D eigenvalue weighted by molar-refractivity contribution is 5.93. The van der Waals surface area contributed by atoms with E-state index in [1.165, 1.54) is 12.1 Å². The van der Waals surface area contributed by atoms with Crippen LogP contribution in [0.1, 0.15) is 33.6 Å². The minimum Gasteiger partial charge on any atom is -0.354 e. The number of benzene rings is 1. The maximum atomic E-state index is 13.6. The van der Waals surface area contributed by atoms with Gasteiger partial charge in [0.1, 0.15) is 11.4 Å². The molecule has 2 amide bonds. The van der Waals surface area contributed by atoms with E-state index in [0.29, 0.717) is 26.1 Å². The summed E-state index contributed by atoms with van der Waals surface area (Å²) in [6.07, 6.45) is 1.37. The Hall–Kier alpha value is -2.15. The van der Waals surface area contributed by atoms with Gasteiger partial charge in [-0.25, -0.2) is 4.39 Å². The number of hydrogen-bond acceptors (Lipinski definition) is 4. The smallest absolute Gasteiger partial charge is 0.247 e. The number of nitrogens with one attached hydrogen (secondary N) is 2. The van der Waals surface area contributed by atoms with Crippen LogP contribution in [0.2, 0.25) is 0 Å². The molecule has 0 atom stereocenters. The van der Waals surface area contributed by atoms with Crippen molar-refractivity contribution >= 4 is 17.5 Å². The van der Waals surface area contributed by atoms with Crippen LogP contribution >= 0.6 is 0 Å². The predicted octanol–water partition coefficient (Wildman–Crippen LogP) is 1.72. The van der Waals surface area contributed by atoms with Gasteiger partial charge in [0.2, 0.25) is 11.8 Å². The van der Waals surface area contributed by atoms with E-state index in [-0.39, 0.29) is 23.0 Å². The molecule has 2 aliphatic heterocycles. The molecule has 1 spiro atoms. The topological polar surface area (TPSA) is 64.7 Å². The Balaban J connectivity index is 1.59. The van der Waals surface area contributed by atoms with Crippen LogP contribution in [0, 0.1) is 11.2 Å². The number of carbonyl (C=O) groups excluding carboxylic acids is 2. The van der Waals surface area contributed by atoms with E-state index in [1.54, 1.807) is 6.07 Å². The van der Waals surface area contributed by atoms with Gasteiger partial charge in [0.05, 0.1) is 6.67 Å². The zero-order valence-electron chi connectivity index (χ0n) is 16.3. The molecule has 7 heteroatoms. The molecule has 2 aliphatic rings. The summed E-state index contributed by atoms with van der Waals surface area (Å²) in [5, 5.41) is 5.90. The summed E-state index contributed by atoms with van der Waals surface area (Å²) in [7, 11) is 0. The lowest BCUT2D eigenvalue weighted by molar-refractivity contribution is -0.128. The zero-order valence-corrected chi connectivity index (χ0v) is 16.3. The van der Waals surface area contributed by atoms with Crippen molar-refractivity contribution in [3.8, 4) is 0 Å². The van der Waals surface area contributed by atoms with Gasteiger partial charge in [-0.05, 0) is 31.0 Å². The number of nitrogens with zero attached hydrogens (tertiary/aromatic N) is 2. The van der Waals surface area contributed by atoms with E-state index in [9.17, 15) is 14.0 Å². The molecule has 0 radical (unpaired) electrons. The van der Waals surface area contributed by atoms with Gasteiger partial charge in [0, 0.05) is 37.3 Å². The molecule has 27 heavy (non-hydrogen) atoms. The zero-order chi connectivity index (χ0) is 19.7. The van der Waals surface area contributed by atoms with Gasteiger partial charge in [-0.2, -0.15) is 0 Å². The first-order valence-electron chi connectivity index (χ1n) is 9.54. The molecule has 148 valence electrons. The lowest BCUT2D eigenvalue weighted by Crippen LogP contribution is -2.57. The average Bonchev–Trinajstić information content (AvgIpc) is 2.92. The number of hydrogen-bond donors (Lipinski definition) is 2. The van der Waals surface area contributed by atoms with Gasteiger partial charge in [-0.1, -0.05) is 26.8 Å². The molecule has 0 unspecified atom stereocenters. The first-order chi connectivity index (χ1) is 12.7. The summed E-state index contributed by atoms with van der Waals surface area (Å²) in [5.41, 5.74) is -0.266. The first kappa shape index (κ1) is 19.6. The Morgan fingerprint density at radius 1 is 1.30 bits per heavy atom. The summed E-state index contributed by atoms with van der Waals surface area (Å²) < 4.78 is 13.6. The van der Waals surface area contributed by atoms with Crippen molar-refractivity contribution in [3.63, 3.8) is 0 Å². The Morgan fingerprint density at radius 2 is 2.00 bits per heavy atom. The highest BCUT2D eigenvalue weighted by Crippen LogP contribution is 2.36. The molecule has 3 rings (SSSR count). The minimum absolute atomic E-state index is 0.0208. The van der Waals surface area contributed by atoms with Gasteiger partial charge in [0.25, 0.3) is 0 Å². The van der Waals surface area contributed by atoms with E-state index < -0.39 is 5.54 Å². The molecule has 0 aromatic heterocycles. The second-order valence-corrected chi connectivity index (χ2v) is 8.45. The third-order valence-electron chi connectivity index (χ3n) is 5.53. The molecule has 1 aromatic carbocycles. The monoisotopic (exact) mass is 376 g/mol. The number of carbonyl (C=O) groups is 2. The fourth-order valence-corrected chi connectivity index (χ4v) is 3.81. The number of anilines is 1. The lowest BCUT2D eigenvalue weighted by Gasteiger charge is -2.43. The molecule has 2 saturated heterocycles. The maximum Gasteiger partial charge on any atom is 0.247 e. The van der Waals surface area contributed by atoms with Gasteiger partial charge < -0.3 is 20.4 Å². The molecule has 2 heterocycles. The quantitative estimate of drug-likeness (QED) is 0.840. The van der Waals surface area contributed by atoms with E-state index in [2.05, 4.69) is 15.5 Å². The molecule has 0 aliphatic carbocycles. The van der Waals surface area contributed by atoms with E-state index in [4.69, 9.17) is 0 Å². The van der Waals surface area contributed by atoms with Crippen LogP contribution < -0.4 is 15.5 Å². The fourth-order valence-electron chi connectivity index (χ4n) is 3.81. The molecule has 0 saturated carbocycles. The molecule has 2 N–H and O–H groups in total. The van der Waals surface area contributed by atoms with Crippen LogP contribution in [0.4, 0.5) is 10.1 Å². The van der Waals surface area contributed by atoms with Crippen LogP contribution in [-0.2, 0) is 9.59 Å². The summed E-state index contributed by atoms with van der Waals surface area (Å²) in [6.45, 7) is 8.99. The van der Waals surface area contributed by atoms with E-state index >= 15 is 0 Å². The van der Waals surface area contributed by atoms with Crippen LogP contribution in [0.15, 0.2) is 24.3 Å². The van der Waals surface area contributed by atoms with Crippen molar-refractivity contribution in [2.45, 2.75) is 39.2 Å². The normalized spacial score (nSPS) is 20.0. The lowest BCUT2D eigenvalue weighted by atomic mass is 9.85. The number of halogens is 1. The highest BCUT2D eigenvalue weighted by atomic mass is 19.1. The van der Waals surface area contributed by atoms with E-state index in [1.807, 2.05) is 31.7 Å². The third-order valence-corrected chi connectivity index (χ3v) is 5.53. The number of rotatable bonds is 4. The van der Waals surface area contributed by atoms with Gasteiger partial charge >= 0.3 is 0 Å². The summed E-state index contributed by atoms with van der Waals surface area (Å²) in [4.78, 5) is 28.8. The number of amides is 2. The predicted molar refractivity (Wildman–Crippen MR) is 103 cm³/mol. The van der Waals surface area contributed by atoms with Crippen LogP contribution in [0.3, 0.4) is 0 Å². The first-order valence-corrected chi connectivity index (χ1v) is 9.54. The molecule has 6 nitrogen and oxygen atoms in total. The van der Waals surface area contributed by atoms with E-state index in [0.717, 1.165) is 25.3 Å². The van der Waals surface area contributed by atoms with Crippen LogP contribution in [0.5, 0.6) is 0 Å². The highest BCUT2D eigenvalue weighted by Gasteiger charge is 2.50. The van der Waals surface area contributed by atoms with Crippen molar-refractivity contribution in [1.82, 2.24) is 15.5 Å². The largest absolute Gasteiger partial charge is 0.354 e. The van der Waals surface area contributed by atoms with Crippen LogP contribution in [-0.4, -0.2) is 55.1 Å². The molecular weight excluding hydrogens is 347 g/mol. The summed E-state index contributed by atoms with van der Waals surface area (Å²) >= 11 is 0. The van der Waals surface area contributed by atoms with Gasteiger partial charge in [-0.3, -0.25) is 9.59 Å². The van der Waals surface area contributed by atoms with Gasteiger partial charge in [-0.15, -0.1) is 0 Å². The maximum absolute atomic E-state index is 13.6. The third kappa shape index (κ3) is 4.08. The van der Waals surface area contributed by atoms with Crippen molar-refractivity contribution in [3.05, 3.63) is 30.1 Å². The van der Waals surface area contributed by atoms with Crippen molar-refractivity contribution in [2.75, 3.05) is 37.7 Å². The molecular formula is C20H29FN4O2.